The van der Waals surface area contributed by atoms with Crippen molar-refractivity contribution in [3.63, 3.8) is 0 Å². The summed E-state index contributed by atoms with van der Waals surface area (Å²) in [6.07, 6.45) is 0.542. The molecule has 0 fully saturated rings. The van der Waals surface area contributed by atoms with Crippen LogP contribution in [0.15, 0.2) is 30.3 Å². The summed E-state index contributed by atoms with van der Waals surface area (Å²) in [6, 6.07) is 9.16. The topological polar surface area (TPSA) is 58.6 Å². The van der Waals surface area contributed by atoms with Gasteiger partial charge < -0.3 is 15.2 Å². The number of carbonyl (C=O) groups excluding carboxylic acids is 1. The van der Waals surface area contributed by atoms with Crippen LogP contribution in [0.1, 0.15) is 27.2 Å². The minimum atomic E-state index is -0.169. The van der Waals surface area contributed by atoms with E-state index >= 15 is 0 Å². The van der Waals surface area contributed by atoms with Crippen molar-refractivity contribution in [2.75, 3.05) is 13.2 Å². The number of carbonyl (C=O) groups is 1. The van der Waals surface area contributed by atoms with Gasteiger partial charge in [-0.05, 0) is 24.0 Å². The molecule has 0 bridgehead atoms. The molecule has 0 aromatic heterocycles. The molecule has 1 aromatic carbocycles. The summed E-state index contributed by atoms with van der Waals surface area (Å²) >= 11 is 0. The van der Waals surface area contributed by atoms with Crippen LogP contribution in [0.25, 0.3) is 0 Å². The fraction of sp³-hybridized carbons (Fsp3) is 0.533. The number of benzene rings is 1. The molecule has 0 radical (unpaired) electrons. The molecule has 0 aliphatic carbocycles. The molecule has 1 unspecified atom stereocenters. The zero-order valence-electron chi connectivity index (χ0n) is 11.8. The Labute approximate surface area is 114 Å². The molecule has 0 aliphatic rings. The maximum Gasteiger partial charge on any atom is 0.258 e. The molecule has 1 atom stereocenters. The zero-order valence-corrected chi connectivity index (χ0v) is 11.8. The van der Waals surface area contributed by atoms with Gasteiger partial charge in [-0.1, -0.05) is 39.0 Å². The molecular weight excluding hydrogens is 242 g/mol. The van der Waals surface area contributed by atoms with Crippen LogP contribution in [-0.2, 0) is 4.79 Å². The van der Waals surface area contributed by atoms with Crippen LogP contribution in [0.2, 0.25) is 0 Å². The van der Waals surface area contributed by atoms with Crippen LogP contribution in [0.3, 0.4) is 0 Å². The molecule has 0 heterocycles. The highest BCUT2D eigenvalue weighted by atomic mass is 16.5. The van der Waals surface area contributed by atoms with E-state index in [-0.39, 0.29) is 30.6 Å². The average Bonchev–Trinajstić information content (AvgIpc) is 2.36. The number of rotatable bonds is 6. The molecule has 1 amide bonds. The number of hydrogen-bond donors (Lipinski definition) is 2. The van der Waals surface area contributed by atoms with Crippen LogP contribution < -0.4 is 10.1 Å². The first-order valence-corrected chi connectivity index (χ1v) is 6.51. The summed E-state index contributed by atoms with van der Waals surface area (Å²) in [6.45, 7) is 6.15. The van der Waals surface area contributed by atoms with Crippen molar-refractivity contribution in [2.45, 2.75) is 33.2 Å². The first-order valence-electron chi connectivity index (χ1n) is 6.51. The minimum Gasteiger partial charge on any atom is -0.484 e. The Balaban J connectivity index is 2.45. The summed E-state index contributed by atoms with van der Waals surface area (Å²) in [5.41, 5.74) is -0.0921. The highest BCUT2D eigenvalue weighted by molar-refractivity contribution is 5.77. The molecule has 2 N–H and O–H groups in total. The van der Waals surface area contributed by atoms with Crippen LogP contribution >= 0.6 is 0 Å². The third-order valence-corrected chi connectivity index (χ3v) is 2.91. The molecule has 0 spiro atoms. The van der Waals surface area contributed by atoms with E-state index in [0.717, 1.165) is 0 Å². The van der Waals surface area contributed by atoms with E-state index < -0.39 is 0 Å². The molecule has 0 saturated heterocycles. The molecule has 4 heteroatoms. The van der Waals surface area contributed by atoms with Gasteiger partial charge >= 0.3 is 0 Å². The van der Waals surface area contributed by atoms with Crippen LogP contribution in [0, 0.1) is 5.41 Å². The number of nitrogens with one attached hydrogen (secondary N) is 1. The van der Waals surface area contributed by atoms with E-state index in [1.165, 1.54) is 0 Å². The third kappa shape index (κ3) is 5.75. The highest BCUT2D eigenvalue weighted by Gasteiger charge is 2.25. The fourth-order valence-corrected chi connectivity index (χ4v) is 1.75. The molecule has 0 aliphatic heterocycles. The maximum absolute atomic E-state index is 11.8. The number of para-hydroxylation sites is 1. The number of ether oxygens (including phenoxy) is 1. The van der Waals surface area contributed by atoms with Crippen molar-refractivity contribution < 1.29 is 14.6 Å². The zero-order chi connectivity index (χ0) is 14.3. The molecule has 4 nitrogen and oxygen atoms in total. The van der Waals surface area contributed by atoms with E-state index in [9.17, 15) is 4.79 Å². The van der Waals surface area contributed by atoms with E-state index in [2.05, 4.69) is 5.32 Å². The molecule has 19 heavy (non-hydrogen) atoms. The number of aliphatic hydroxyl groups is 1. The Morgan fingerprint density at radius 3 is 2.47 bits per heavy atom. The van der Waals surface area contributed by atoms with Crippen molar-refractivity contribution in [3.8, 4) is 5.75 Å². The summed E-state index contributed by atoms with van der Waals surface area (Å²) in [5, 5.41) is 11.9. The lowest BCUT2D eigenvalue weighted by Crippen LogP contribution is -2.46. The lowest BCUT2D eigenvalue weighted by Gasteiger charge is -2.31. The summed E-state index contributed by atoms with van der Waals surface area (Å²) < 4.78 is 5.38. The second-order valence-electron chi connectivity index (χ2n) is 5.60. The van der Waals surface area contributed by atoms with E-state index in [1.54, 1.807) is 0 Å². The second-order valence-corrected chi connectivity index (χ2v) is 5.60. The van der Waals surface area contributed by atoms with E-state index in [4.69, 9.17) is 9.84 Å². The highest BCUT2D eigenvalue weighted by Crippen LogP contribution is 2.21. The molecule has 1 aromatic rings. The predicted molar refractivity (Wildman–Crippen MR) is 75.0 cm³/mol. The standard InChI is InChI=1S/C15H23NO3/c1-15(2,3)13(9-10-17)16-14(18)11-19-12-7-5-4-6-8-12/h4-8,13,17H,9-11H2,1-3H3,(H,16,18). The smallest absolute Gasteiger partial charge is 0.258 e. The van der Waals surface area contributed by atoms with Crippen molar-refractivity contribution in [2.24, 2.45) is 5.41 Å². The fourth-order valence-electron chi connectivity index (χ4n) is 1.75. The molecule has 106 valence electrons. The van der Waals surface area contributed by atoms with Crippen molar-refractivity contribution >= 4 is 5.91 Å². The van der Waals surface area contributed by atoms with Crippen molar-refractivity contribution in [1.29, 1.82) is 0 Å². The lowest BCUT2D eigenvalue weighted by atomic mass is 9.85. The van der Waals surface area contributed by atoms with Crippen LogP contribution in [0.5, 0.6) is 5.75 Å². The van der Waals surface area contributed by atoms with Crippen LogP contribution in [0.4, 0.5) is 0 Å². The van der Waals surface area contributed by atoms with Crippen molar-refractivity contribution in [3.05, 3.63) is 30.3 Å². The third-order valence-electron chi connectivity index (χ3n) is 2.91. The van der Waals surface area contributed by atoms with Gasteiger partial charge in [0.2, 0.25) is 0 Å². The number of hydrogen-bond acceptors (Lipinski definition) is 3. The lowest BCUT2D eigenvalue weighted by molar-refractivity contribution is -0.124. The van der Waals surface area contributed by atoms with Gasteiger partial charge in [0, 0.05) is 12.6 Å². The van der Waals surface area contributed by atoms with Gasteiger partial charge in [0.05, 0.1) is 0 Å². The monoisotopic (exact) mass is 265 g/mol. The van der Waals surface area contributed by atoms with Gasteiger partial charge in [-0.25, -0.2) is 0 Å². The van der Waals surface area contributed by atoms with Gasteiger partial charge in [0.1, 0.15) is 5.75 Å². The Morgan fingerprint density at radius 1 is 1.32 bits per heavy atom. The predicted octanol–water partition coefficient (Wildman–Crippen LogP) is 1.98. The first-order chi connectivity index (χ1) is 8.93. The molecule has 0 saturated carbocycles. The number of aliphatic hydroxyl groups excluding tert-OH is 1. The Bertz CT molecular complexity index is 384. The van der Waals surface area contributed by atoms with Gasteiger partial charge in [-0.3, -0.25) is 4.79 Å². The van der Waals surface area contributed by atoms with Crippen LogP contribution in [-0.4, -0.2) is 30.3 Å². The first kappa shape index (κ1) is 15.5. The number of amides is 1. The maximum atomic E-state index is 11.8. The van der Waals surface area contributed by atoms with Gasteiger partial charge in [0.15, 0.2) is 6.61 Å². The average molecular weight is 265 g/mol. The summed E-state index contributed by atoms with van der Waals surface area (Å²) in [4.78, 5) is 11.8. The second kappa shape index (κ2) is 7.14. The van der Waals surface area contributed by atoms with Gasteiger partial charge in [-0.15, -0.1) is 0 Å². The SMILES string of the molecule is CC(C)(C)C(CCO)NC(=O)COc1ccccc1. The Morgan fingerprint density at radius 2 is 1.95 bits per heavy atom. The van der Waals surface area contributed by atoms with Crippen molar-refractivity contribution in [1.82, 2.24) is 5.32 Å². The molecule has 1 rings (SSSR count). The summed E-state index contributed by atoms with van der Waals surface area (Å²) in [5.74, 6) is 0.504. The van der Waals surface area contributed by atoms with E-state index in [1.807, 2.05) is 51.1 Å². The molecular formula is C15H23NO3. The normalized spacial score (nSPS) is 12.8. The summed E-state index contributed by atoms with van der Waals surface area (Å²) in [7, 11) is 0. The minimum absolute atomic E-state index is 0.0119. The van der Waals surface area contributed by atoms with Gasteiger partial charge in [0.25, 0.3) is 5.91 Å². The Hall–Kier alpha value is -1.55. The van der Waals surface area contributed by atoms with Gasteiger partial charge in [-0.2, -0.15) is 0 Å². The quantitative estimate of drug-likeness (QED) is 0.827. The largest absolute Gasteiger partial charge is 0.484 e. The Kier molecular flexibility index (Phi) is 5.83. The van der Waals surface area contributed by atoms with E-state index in [0.29, 0.717) is 12.2 Å².